The fourth-order valence-corrected chi connectivity index (χ4v) is 1.70. The fourth-order valence-electron chi connectivity index (χ4n) is 0.721. The van der Waals surface area contributed by atoms with Crippen molar-refractivity contribution >= 4 is 24.1 Å². The summed E-state index contributed by atoms with van der Waals surface area (Å²) >= 11 is 1.83. The molecule has 0 saturated heterocycles. The molecule has 0 saturated carbocycles. The third-order valence-electron chi connectivity index (χ3n) is 1.21. The van der Waals surface area contributed by atoms with E-state index in [1.165, 1.54) is 0 Å². The Morgan fingerprint density at radius 2 is 1.81 bits per heavy atom. The van der Waals surface area contributed by atoms with E-state index >= 15 is 0 Å². The Morgan fingerprint density at radius 1 is 1.19 bits per heavy atom. The maximum Gasteiger partial charge on any atom is 1.00 e. The van der Waals surface area contributed by atoms with E-state index in [1.54, 1.807) is 25.2 Å². The van der Waals surface area contributed by atoms with E-state index in [0.717, 1.165) is 29.0 Å². The largest absolute Gasteiger partial charge is 1.00 e. The molecule has 1 aromatic rings. The van der Waals surface area contributed by atoms with Gasteiger partial charge in [0.25, 0.3) is 0 Å². The molecule has 0 unspecified atom stereocenters. The minimum Gasteiger partial charge on any atom is -0.691 e. The number of benzene rings is 1. The third-order valence-corrected chi connectivity index (χ3v) is 2.36. The topological polar surface area (TPSA) is 72.0 Å². The van der Waals surface area contributed by atoms with Crippen LogP contribution in [0.1, 0.15) is 0 Å². The van der Waals surface area contributed by atoms with E-state index in [0.29, 0.717) is 4.90 Å². The van der Waals surface area contributed by atoms with Crippen LogP contribution < -0.4 is 40.3 Å². The number of hydroxylamine groups is 1. The van der Waals surface area contributed by atoms with Gasteiger partial charge in [-0.25, -0.2) is 0 Å². The molecular formula is C7H8NNaO5S2. The van der Waals surface area contributed by atoms with Crippen molar-refractivity contribution in [2.75, 3.05) is 7.05 Å². The molecule has 0 bridgehead atoms. The first-order valence-corrected chi connectivity index (χ1v) is 5.25. The van der Waals surface area contributed by atoms with Gasteiger partial charge >= 0.3 is 29.6 Å². The predicted octanol–water partition coefficient (Wildman–Crippen LogP) is -1.99. The van der Waals surface area contributed by atoms with Crippen LogP contribution in [0.15, 0.2) is 34.1 Å². The number of nitrogens with one attached hydrogen (secondary N) is 1. The summed E-state index contributed by atoms with van der Waals surface area (Å²) in [4.78, 5) is 5.97. The molecule has 1 aromatic carbocycles. The van der Waals surface area contributed by atoms with Gasteiger partial charge in [0, 0.05) is 16.8 Å². The van der Waals surface area contributed by atoms with E-state index in [4.69, 9.17) is 4.33 Å². The van der Waals surface area contributed by atoms with Crippen molar-refractivity contribution in [2.45, 2.75) is 9.79 Å². The molecular weight excluding hydrogens is 265 g/mol. The van der Waals surface area contributed by atoms with Crippen LogP contribution in [0.4, 0.5) is 0 Å². The molecule has 1 rings (SSSR count). The van der Waals surface area contributed by atoms with Crippen molar-refractivity contribution in [2.24, 2.45) is 0 Å². The summed E-state index contributed by atoms with van der Waals surface area (Å²) in [7, 11) is 1.58. The van der Waals surface area contributed by atoms with Crippen LogP contribution in [0.5, 0.6) is 0 Å². The summed E-state index contributed by atoms with van der Waals surface area (Å²) < 4.78 is 8.86. The molecule has 0 spiro atoms. The average Bonchev–Trinajstić information content (AvgIpc) is 2.27. The van der Waals surface area contributed by atoms with E-state index in [1.807, 2.05) is 6.07 Å². The van der Waals surface area contributed by atoms with Gasteiger partial charge in [-0.1, -0.05) is 6.07 Å². The first-order chi connectivity index (χ1) is 7.36. The Hall–Kier alpha value is 0.680. The van der Waals surface area contributed by atoms with Crippen molar-refractivity contribution in [1.82, 2.24) is 5.48 Å². The Bertz CT molecular complexity index is 293. The van der Waals surface area contributed by atoms with E-state index < -0.39 is 0 Å². The second-order valence-corrected chi connectivity index (χ2v) is 3.68. The van der Waals surface area contributed by atoms with E-state index in [9.17, 15) is 5.26 Å². The number of rotatable bonds is 7. The van der Waals surface area contributed by atoms with Gasteiger partial charge in [0.1, 0.15) is 0 Å². The molecule has 0 heterocycles. The Kier molecular flexibility index (Phi) is 11.3. The smallest absolute Gasteiger partial charge is 0.691 e. The quantitative estimate of drug-likeness (QED) is 0.201. The molecule has 6 nitrogen and oxygen atoms in total. The minimum atomic E-state index is 0. The Labute approximate surface area is 123 Å². The molecule has 0 atom stereocenters. The summed E-state index contributed by atoms with van der Waals surface area (Å²) in [5.41, 5.74) is 2.35. The van der Waals surface area contributed by atoms with Crippen LogP contribution in [0.2, 0.25) is 0 Å². The van der Waals surface area contributed by atoms with Crippen LogP contribution in [0.3, 0.4) is 0 Å². The van der Waals surface area contributed by atoms with Gasteiger partial charge in [0.05, 0.1) is 24.1 Å². The van der Waals surface area contributed by atoms with Crippen LogP contribution in [-0.4, -0.2) is 7.05 Å². The minimum absolute atomic E-state index is 0. The van der Waals surface area contributed by atoms with Crippen molar-refractivity contribution in [3.05, 3.63) is 24.3 Å². The fraction of sp³-hybridized carbons (Fsp3) is 0.143. The molecule has 0 fully saturated rings. The van der Waals surface area contributed by atoms with Crippen molar-refractivity contribution < 1.29 is 53.5 Å². The van der Waals surface area contributed by atoms with Crippen LogP contribution >= 0.6 is 24.1 Å². The Balaban J connectivity index is 0.00000225. The van der Waals surface area contributed by atoms with Gasteiger partial charge in [-0.15, -0.1) is 9.32 Å². The van der Waals surface area contributed by atoms with Crippen LogP contribution in [0, 0.1) is 0 Å². The SMILES string of the molecule is CNOOSc1cccc(SOO[O-])c1.[Na+]. The molecule has 0 aliphatic carbocycles. The van der Waals surface area contributed by atoms with E-state index in [2.05, 4.69) is 19.8 Å². The molecule has 84 valence electrons. The predicted molar refractivity (Wildman–Crippen MR) is 51.6 cm³/mol. The van der Waals surface area contributed by atoms with Crippen molar-refractivity contribution in [1.29, 1.82) is 0 Å². The van der Waals surface area contributed by atoms with Gasteiger partial charge < -0.3 is 5.26 Å². The zero-order valence-corrected chi connectivity index (χ0v) is 12.3. The standard InChI is InChI=1S/C7H9NO5S2.Na/c1-8-10-12-14-6-3-2-4-7(5-6)15-13-11-9;/h2-5,8-9H,1H3;/q;+1/p-1. The van der Waals surface area contributed by atoms with Crippen molar-refractivity contribution in [3.63, 3.8) is 0 Å². The van der Waals surface area contributed by atoms with E-state index in [-0.39, 0.29) is 29.6 Å². The summed E-state index contributed by atoms with van der Waals surface area (Å²) in [5.74, 6) is 0. The maximum absolute atomic E-state index is 9.60. The Morgan fingerprint density at radius 3 is 2.38 bits per heavy atom. The van der Waals surface area contributed by atoms with Gasteiger partial charge in [-0.05, 0) is 18.2 Å². The summed E-state index contributed by atoms with van der Waals surface area (Å²) in [6.45, 7) is 0. The molecule has 9 heteroatoms. The average molecular weight is 273 g/mol. The van der Waals surface area contributed by atoms with Gasteiger partial charge in [0.15, 0.2) is 0 Å². The maximum atomic E-state index is 9.60. The zero-order chi connectivity index (χ0) is 10.9. The normalized spacial score (nSPS) is 9.88. The zero-order valence-electron chi connectivity index (χ0n) is 8.67. The molecule has 0 radical (unpaired) electrons. The van der Waals surface area contributed by atoms with Crippen molar-refractivity contribution in [3.8, 4) is 0 Å². The third kappa shape index (κ3) is 7.09. The summed E-state index contributed by atoms with van der Waals surface area (Å²) in [6.07, 6.45) is 0. The molecule has 0 amide bonds. The molecule has 0 aliphatic heterocycles. The summed E-state index contributed by atoms with van der Waals surface area (Å²) in [6, 6.07) is 7.09. The van der Waals surface area contributed by atoms with Gasteiger partial charge in [-0.2, -0.15) is 9.81 Å². The number of hydrogen-bond acceptors (Lipinski definition) is 8. The van der Waals surface area contributed by atoms with Gasteiger partial charge in [0.2, 0.25) is 0 Å². The molecule has 1 N–H and O–H groups in total. The van der Waals surface area contributed by atoms with Crippen LogP contribution in [-0.2, 0) is 18.7 Å². The second-order valence-electron chi connectivity index (χ2n) is 2.13. The molecule has 16 heavy (non-hydrogen) atoms. The van der Waals surface area contributed by atoms with Crippen LogP contribution in [0.25, 0.3) is 0 Å². The number of hydrogen-bond donors (Lipinski definition) is 1. The van der Waals surface area contributed by atoms with Gasteiger partial charge in [-0.3, -0.25) is 5.04 Å². The molecule has 0 aliphatic rings. The summed E-state index contributed by atoms with van der Waals surface area (Å²) in [5, 5.41) is 12.8. The first-order valence-electron chi connectivity index (χ1n) is 3.77. The monoisotopic (exact) mass is 273 g/mol. The second kappa shape index (κ2) is 10.8. The first kappa shape index (κ1) is 16.7. The molecule has 0 aromatic heterocycles.